The predicted octanol–water partition coefficient (Wildman–Crippen LogP) is 1.81. The molecule has 0 unspecified atom stereocenters. The van der Waals surface area contributed by atoms with Gasteiger partial charge in [0.05, 0.1) is 11.2 Å². The van der Waals surface area contributed by atoms with E-state index in [1.165, 1.54) is 16.7 Å². The van der Waals surface area contributed by atoms with Gasteiger partial charge < -0.3 is 4.42 Å². The first-order valence-corrected chi connectivity index (χ1v) is 5.22. The lowest BCUT2D eigenvalue weighted by molar-refractivity contribution is -0.121. The molecule has 0 N–H and O–H groups in total. The van der Waals surface area contributed by atoms with E-state index in [4.69, 9.17) is 4.42 Å². The molecule has 5 heteroatoms. The fraction of sp³-hybridized carbons (Fsp3) is 0.200. The number of hydrogen-bond donors (Lipinski definition) is 0. The third-order valence-corrected chi connectivity index (χ3v) is 3.16. The van der Waals surface area contributed by atoms with Crippen LogP contribution in [0.1, 0.15) is 5.76 Å². The van der Waals surface area contributed by atoms with Gasteiger partial charge in [0.2, 0.25) is 0 Å². The summed E-state index contributed by atoms with van der Waals surface area (Å²) in [5, 5.41) is 0.706. The van der Waals surface area contributed by atoms with Crippen molar-refractivity contribution in [3.8, 4) is 0 Å². The van der Waals surface area contributed by atoms with Crippen molar-refractivity contribution < 1.29 is 9.21 Å². The second kappa shape index (κ2) is 3.94. The van der Waals surface area contributed by atoms with Crippen LogP contribution in [0.3, 0.4) is 0 Å². The Morgan fingerprint density at radius 3 is 2.93 bits per heavy atom. The fourth-order valence-corrected chi connectivity index (χ4v) is 2.16. The van der Waals surface area contributed by atoms with Crippen molar-refractivity contribution in [1.29, 1.82) is 0 Å². The number of thioether (sulfide) groups is 1. The molecule has 0 bridgehead atoms. The van der Waals surface area contributed by atoms with E-state index < -0.39 is 0 Å². The van der Waals surface area contributed by atoms with Crippen molar-refractivity contribution in [3.05, 3.63) is 29.1 Å². The molecule has 0 aliphatic carbocycles. The Balaban J connectivity index is 2.30. The fourth-order valence-electron chi connectivity index (χ4n) is 1.25. The van der Waals surface area contributed by atoms with Gasteiger partial charge in [-0.1, -0.05) is 0 Å². The lowest BCUT2D eigenvalue weighted by atomic mass is 10.4. The van der Waals surface area contributed by atoms with Crippen molar-refractivity contribution in [2.24, 2.45) is 4.99 Å². The molecule has 0 radical (unpaired) electrons. The highest BCUT2D eigenvalue weighted by Gasteiger charge is 2.29. The first-order valence-electron chi connectivity index (χ1n) is 4.40. The largest absolute Gasteiger partial charge is 0.465 e. The minimum Gasteiger partial charge on any atom is -0.465 e. The van der Waals surface area contributed by atoms with Crippen LogP contribution in [-0.2, 0) is 4.79 Å². The minimum absolute atomic E-state index is 0.0444. The molecular formula is C10H10N2O2S. The van der Waals surface area contributed by atoms with Gasteiger partial charge in [-0.3, -0.25) is 14.7 Å². The molecule has 0 saturated carbocycles. The molecule has 0 aromatic carbocycles. The van der Waals surface area contributed by atoms with Gasteiger partial charge in [-0.15, -0.1) is 0 Å². The van der Waals surface area contributed by atoms with Gasteiger partial charge in [0.25, 0.3) is 5.91 Å². The molecule has 1 amide bonds. The molecular weight excluding hydrogens is 212 g/mol. The highest BCUT2D eigenvalue weighted by Crippen LogP contribution is 2.31. The van der Waals surface area contributed by atoms with Crippen LogP contribution in [0.25, 0.3) is 6.08 Å². The molecule has 2 rings (SSSR count). The monoisotopic (exact) mass is 222 g/mol. The molecule has 4 nitrogen and oxygen atoms in total. The second-order valence-electron chi connectivity index (χ2n) is 3.00. The molecule has 1 aromatic rings. The number of amidine groups is 1. The van der Waals surface area contributed by atoms with Crippen LogP contribution in [0.5, 0.6) is 0 Å². The van der Waals surface area contributed by atoms with E-state index in [9.17, 15) is 4.79 Å². The van der Waals surface area contributed by atoms with E-state index in [1.807, 2.05) is 6.07 Å². The van der Waals surface area contributed by atoms with Crippen LogP contribution in [0.15, 0.2) is 32.7 Å². The molecule has 78 valence electrons. The van der Waals surface area contributed by atoms with Gasteiger partial charge in [-0.05, 0) is 23.9 Å². The molecule has 2 heterocycles. The lowest BCUT2D eigenvalue weighted by Gasteiger charge is -2.04. The predicted molar refractivity (Wildman–Crippen MR) is 60.4 cm³/mol. The first kappa shape index (κ1) is 10.0. The Hall–Kier alpha value is -1.49. The molecule has 0 atom stereocenters. The summed E-state index contributed by atoms with van der Waals surface area (Å²) in [5.74, 6) is 0.633. The Labute approximate surface area is 91.7 Å². The van der Waals surface area contributed by atoms with Crippen molar-refractivity contribution in [1.82, 2.24) is 4.90 Å². The van der Waals surface area contributed by atoms with E-state index in [2.05, 4.69) is 4.99 Å². The second-order valence-corrected chi connectivity index (χ2v) is 4.01. The molecule has 15 heavy (non-hydrogen) atoms. The Kier molecular flexibility index (Phi) is 2.64. The zero-order valence-corrected chi connectivity index (χ0v) is 9.25. The molecule has 1 aliphatic heterocycles. The van der Waals surface area contributed by atoms with Crippen LogP contribution >= 0.6 is 11.8 Å². The number of rotatable bonds is 1. The van der Waals surface area contributed by atoms with Gasteiger partial charge in [0, 0.05) is 20.2 Å². The molecule has 1 aromatic heterocycles. The van der Waals surface area contributed by atoms with E-state index in [-0.39, 0.29) is 5.91 Å². The van der Waals surface area contributed by atoms with Gasteiger partial charge >= 0.3 is 0 Å². The molecule has 0 spiro atoms. The quantitative estimate of drug-likeness (QED) is 0.681. The summed E-state index contributed by atoms with van der Waals surface area (Å²) >= 11 is 1.35. The summed E-state index contributed by atoms with van der Waals surface area (Å²) in [7, 11) is 3.38. The number of carbonyl (C=O) groups is 1. The zero-order chi connectivity index (χ0) is 10.8. The SMILES string of the molecule is CN=C1S/C(=C\c2ccco2)C(=O)N1C. The van der Waals surface area contributed by atoms with Crippen LogP contribution in [0.4, 0.5) is 0 Å². The van der Waals surface area contributed by atoms with Gasteiger partial charge in [-0.2, -0.15) is 0 Å². The Morgan fingerprint density at radius 2 is 2.40 bits per heavy atom. The molecule has 1 saturated heterocycles. The Morgan fingerprint density at radius 1 is 1.60 bits per heavy atom. The maximum Gasteiger partial charge on any atom is 0.266 e. The summed E-state index contributed by atoms with van der Waals surface area (Å²) < 4.78 is 5.15. The smallest absolute Gasteiger partial charge is 0.266 e. The third-order valence-electron chi connectivity index (χ3n) is 2.01. The number of aliphatic imine (C=N–C) groups is 1. The number of nitrogens with zero attached hydrogens (tertiary/aromatic N) is 2. The normalized spacial score (nSPS) is 22.0. The van der Waals surface area contributed by atoms with E-state index in [0.29, 0.717) is 15.8 Å². The van der Waals surface area contributed by atoms with Gasteiger partial charge in [-0.25, -0.2) is 0 Å². The maximum absolute atomic E-state index is 11.7. The number of likely N-dealkylation sites (N-methyl/N-ethyl adjacent to an activating group) is 1. The highest BCUT2D eigenvalue weighted by atomic mass is 32.2. The van der Waals surface area contributed by atoms with Crippen molar-refractivity contribution in [3.63, 3.8) is 0 Å². The van der Waals surface area contributed by atoms with Crippen molar-refractivity contribution in [2.45, 2.75) is 0 Å². The third kappa shape index (κ3) is 1.83. The summed E-state index contributed by atoms with van der Waals surface area (Å²) in [5.41, 5.74) is 0. The van der Waals surface area contributed by atoms with Gasteiger partial charge in [0.15, 0.2) is 5.17 Å². The number of amides is 1. The first-order chi connectivity index (χ1) is 7.22. The van der Waals surface area contributed by atoms with Crippen LogP contribution < -0.4 is 0 Å². The topological polar surface area (TPSA) is 45.8 Å². The number of furan rings is 1. The van der Waals surface area contributed by atoms with Crippen molar-refractivity contribution >= 4 is 28.9 Å². The zero-order valence-electron chi connectivity index (χ0n) is 8.43. The van der Waals surface area contributed by atoms with Crippen LogP contribution in [-0.4, -0.2) is 30.1 Å². The van der Waals surface area contributed by atoms with Gasteiger partial charge in [0.1, 0.15) is 5.76 Å². The summed E-state index contributed by atoms with van der Waals surface area (Å²) in [4.78, 5) is 17.9. The summed E-state index contributed by atoms with van der Waals surface area (Å²) in [6, 6.07) is 3.59. The highest BCUT2D eigenvalue weighted by molar-refractivity contribution is 8.18. The molecule has 1 fully saturated rings. The standard InChI is InChI=1S/C10H10N2O2S/c1-11-10-12(2)9(13)8(15-10)6-7-4-3-5-14-7/h3-6H,1-2H3/b8-6-,11-10?. The average Bonchev–Trinajstić information content (AvgIpc) is 2.82. The summed E-state index contributed by atoms with van der Waals surface area (Å²) in [6.45, 7) is 0. The van der Waals surface area contributed by atoms with E-state index >= 15 is 0 Å². The van der Waals surface area contributed by atoms with Crippen LogP contribution in [0, 0.1) is 0 Å². The minimum atomic E-state index is -0.0444. The Bertz CT molecular complexity index is 434. The number of hydrogen-bond acceptors (Lipinski definition) is 4. The number of carbonyl (C=O) groups excluding carboxylic acids is 1. The van der Waals surface area contributed by atoms with Crippen LogP contribution in [0.2, 0.25) is 0 Å². The molecule has 1 aliphatic rings. The average molecular weight is 222 g/mol. The lowest BCUT2D eigenvalue weighted by Crippen LogP contribution is -2.23. The van der Waals surface area contributed by atoms with E-state index in [1.54, 1.807) is 32.5 Å². The summed E-state index contributed by atoms with van der Waals surface area (Å²) in [6.07, 6.45) is 3.30. The van der Waals surface area contributed by atoms with Crippen molar-refractivity contribution in [2.75, 3.05) is 14.1 Å². The maximum atomic E-state index is 11.7. The van der Waals surface area contributed by atoms with E-state index in [0.717, 1.165) is 0 Å².